The van der Waals surface area contributed by atoms with Crippen molar-refractivity contribution in [3.63, 3.8) is 0 Å². The van der Waals surface area contributed by atoms with E-state index in [1.807, 2.05) is 18.7 Å². The van der Waals surface area contributed by atoms with Gasteiger partial charge in [0.1, 0.15) is 11.3 Å². The maximum Gasteiger partial charge on any atom is 0.339 e. The minimum Gasteiger partial charge on any atom is -0.490 e. The number of rotatable bonds is 5. The zero-order chi connectivity index (χ0) is 17.5. The van der Waals surface area contributed by atoms with E-state index in [-0.39, 0.29) is 37.6 Å². The molecule has 1 saturated carbocycles. The lowest BCUT2D eigenvalue weighted by Crippen LogP contribution is -2.39. The molecule has 0 spiro atoms. The number of carbonyl (C=O) groups is 1. The Labute approximate surface area is 140 Å². The van der Waals surface area contributed by atoms with E-state index >= 15 is 0 Å². The Morgan fingerprint density at radius 3 is 2.42 bits per heavy atom. The third kappa shape index (κ3) is 3.62. The number of alkyl halides is 2. The predicted octanol–water partition coefficient (Wildman–Crippen LogP) is 4.28. The summed E-state index contributed by atoms with van der Waals surface area (Å²) in [5.41, 5.74) is 1.96. The number of nitrogens with zero attached hydrogens (tertiary/aromatic N) is 1. The normalized spacial score (nSPS) is 20.3. The molecule has 132 valence electrons. The number of carboxylic acids is 1. The fourth-order valence-corrected chi connectivity index (χ4v) is 3.17. The highest BCUT2D eigenvalue weighted by Crippen LogP contribution is 2.47. The molecular weight excluding hydrogens is 316 g/mol. The number of carboxylic acid groups (broad SMARTS) is 1. The number of halogens is 2. The second-order valence-electron chi connectivity index (χ2n) is 7.00. The zero-order valence-corrected chi connectivity index (χ0v) is 14.0. The number of hydrogen-bond acceptors (Lipinski definition) is 3. The number of benzene rings is 1. The monoisotopic (exact) mass is 339 g/mol. The highest BCUT2D eigenvalue weighted by atomic mass is 19.3. The van der Waals surface area contributed by atoms with Gasteiger partial charge in [-0.15, -0.1) is 0 Å². The molecule has 2 aliphatic rings. The van der Waals surface area contributed by atoms with Gasteiger partial charge in [0, 0.05) is 37.7 Å². The van der Waals surface area contributed by atoms with Crippen LogP contribution < -0.4 is 9.64 Å². The molecule has 1 N–H and O–H groups in total. The molecular formula is C18H23F2NO3. The first-order valence-electron chi connectivity index (χ1n) is 8.47. The Kier molecular flexibility index (Phi) is 4.40. The molecule has 0 amide bonds. The summed E-state index contributed by atoms with van der Waals surface area (Å²) in [5.74, 6) is -2.98. The van der Waals surface area contributed by atoms with Gasteiger partial charge in [0.05, 0.1) is 6.10 Å². The number of piperidine rings is 1. The number of aromatic carboxylic acids is 1. The summed E-state index contributed by atoms with van der Waals surface area (Å²) >= 11 is 0. The summed E-state index contributed by atoms with van der Waals surface area (Å²) in [6.07, 6.45) is 1.53. The van der Waals surface area contributed by atoms with Crippen LogP contribution in [0.2, 0.25) is 0 Å². The van der Waals surface area contributed by atoms with Crippen molar-refractivity contribution in [2.24, 2.45) is 0 Å². The van der Waals surface area contributed by atoms with Crippen molar-refractivity contribution >= 4 is 11.7 Å². The van der Waals surface area contributed by atoms with E-state index < -0.39 is 11.9 Å². The topological polar surface area (TPSA) is 49.8 Å². The van der Waals surface area contributed by atoms with E-state index in [1.165, 1.54) is 0 Å². The van der Waals surface area contributed by atoms with E-state index in [9.17, 15) is 18.7 Å². The van der Waals surface area contributed by atoms with E-state index in [1.54, 1.807) is 12.1 Å². The Balaban J connectivity index is 1.98. The molecule has 0 unspecified atom stereocenters. The van der Waals surface area contributed by atoms with Gasteiger partial charge >= 0.3 is 5.97 Å². The number of ether oxygens (including phenoxy) is 1. The molecule has 1 heterocycles. The third-order valence-corrected chi connectivity index (χ3v) is 4.57. The first-order chi connectivity index (χ1) is 11.3. The second-order valence-corrected chi connectivity index (χ2v) is 7.00. The summed E-state index contributed by atoms with van der Waals surface area (Å²) < 4.78 is 32.6. The van der Waals surface area contributed by atoms with Crippen molar-refractivity contribution in [1.29, 1.82) is 0 Å². The molecule has 1 aliphatic heterocycles. The van der Waals surface area contributed by atoms with Crippen LogP contribution in [0.1, 0.15) is 61.4 Å². The summed E-state index contributed by atoms with van der Waals surface area (Å²) in [5, 5.41) is 9.48. The maximum absolute atomic E-state index is 13.5. The van der Waals surface area contributed by atoms with Crippen LogP contribution in [0, 0.1) is 0 Å². The van der Waals surface area contributed by atoms with Crippen LogP contribution in [0.15, 0.2) is 12.1 Å². The van der Waals surface area contributed by atoms with Gasteiger partial charge in [0.2, 0.25) is 0 Å². The van der Waals surface area contributed by atoms with E-state index in [2.05, 4.69) is 0 Å². The molecule has 1 aromatic rings. The lowest BCUT2D eigenvalue weighted by atomic mass is 9.99. The molecule has 0 radical (unpaired) electrons. The van der Waals surface area contributed by atoms with E-state index in [4.69, 9.17) is 4.74 Å². The van der Waals surface area contributed by atoms with Crippen LogP contribution in [0.25, 0.3) is 0 Å². The van der Waals surface area contributed by atoms with Gasteiger partial charge in [-0.2, -0.15) is 0 Å². The zero-order valence-electron chi connectivity index (χ0n) is 14.0. The van der Waals surface area contributed by atoms with Crippen LogP contribution >= 0.6 is 0 Å². The fraction of sp³-hybridized carbons (Fsp3) is 0.611. The summed E-state index contributed by atoms with van der Waals surface area (Å²) in [6, 6.07) is 3.42. The Bertz CT molecular complexity index is 631. The highest BCUT2D eigenvalue weighted by Gasteiger charge is 2.37. The predicted molar refractivity (Wildman–Crippen MR) is 87.5 cm³/mol. The molecule has 6 heteroatoms. The summed E-state index contributed by atoms with van der Waals surface area (Å²) in [4.78, 5) is 13.5. The minimum absolute atomic E-state index is 0.150. The van der Waals surface area contributed by atoms with Crippen molar-refractivity contribution in [2.45, 2.75) is 57.5 Å². The molecule has 0 aromatic heterocycles. The molecule has 2 fully saturated rings. The van der Waals surface area contributed by atoms with E-state index in [0.717, 1.165) is 24.1 Å². The van der Waals surface area contributed by atoms with Crippen LogP contribution in [-0.4, -0.2) is 36.2 Å². The Morgan fingerprint density at radius 2 is 1.92 bits per heavy atom. The van der Waals surface area contributed by atoms with Crippen molar-refractivity contribution < 1.29 is 23.4 Å². The first kappa shape index (κ1) is 17.0. The van der Waals surface area contributed by atoms with Crippen LogP contribution in [0.3, 0.4) is 0 Å². The average molecular weight is 339 g/mol. The van der Waals surface area contributed by atoms with Gasteiger partial charge in [-0.3, -0.25) is 0 Å². The summed E-state index contributed by atoms with van der Waals surface area (Å²) in [6.45, 7) is 4.23. The van der Waals surface area contributed by atoms with Gasteiger partial charge < -0.3 is 14.7 Å². The third-order valence-electron chi connectivity index (χ3n) is 4.57. The molecule has 1 aliphatic carbocycles. The molecule has 24 heavy (non-hydrogen) atoms. The number of hydrogen-bond donors (Lipinski definition) is 1. The van der Waals surface area contributed by atoms with Crippen LogP contribution in [-0.2, 0) is 0 Å². The molecule has 0 atom stereocenters. The first-order valence-corrected chi connectivity index (χ1v) is 8.47. The molecule has 4 nitrogen and oxygen atoms in total. The van der Waals surface area contributed by atoms with Crippen LogP contribution in [0.5, 0.6) is 5.75 Å². The van der Waals surface area contributed by atoms with Crippen molar-refractivity contribution in [3.05, 3.63) is 23.3 Å². The fourth-order valence-electron chi connectivity index (χ4n) is 3.17. The number of anilines is 1. The maximum atomic E-state index is 13.5. The Morgan fingerprint density at radius 1 is 1.29 bits per heavy atom. The van der Waals surface area contributed by atoms with Crippen molar-refractivity contribution in [1.82, 2.24) is 0 Å². The largest absolute Gasteiger partial charge is 0.490 e. The minimum atomic E-state index is -2.60. The molecule has 0 bridgehead atoms. The quantitative estimate of drug-likeness (QED) is 0.870. The van der Waals surface area contributed by atoms with Gasteiger partial charge in [-0.1, -0.05) is 0 Å². The average Bonchev–Trinajstić information content (AvgIpc) is 3.30. The molecule has 3 rings (SSSR count). The van der Waals surface area contributed by atoms with Crippen LogP contribution in [0.4, 0.5) is 14.5 Å². The van der Waals surface area contributed by atoms with E-state index in [0.29, 0.717) is 11.7 Å². The van der Waals surface area contributed by atoms with Gasteiger partial charge in [0.25, 0.3) is 5.92 Å². The molecule has 1 aromatic carbocycles. The highest BCUT2D eigenvalue weighted by molar-refractivity contribution is 5.92. The smallest absolute Gasteiger partial charge is 0.339 e. The van der Waals surface area contributed by atoms with Crippen molar-refractivity contribution in [2.75, 3.05) is 18.0 Å². The van der Waals surface area contributed by atoms with Gasteiger partial charge in [-0.05, 0) is 44.2 Å². The molecule has 1 saturated heterocycles. The summed E-state index contributed by atoms with van der Waals surface area (Å²) in [7, 11) is 0. The lowest BCUT2D eigenvalue weighted by molar-refractivity contribution is -0.0220. The lowest BCUT2D eigenvalue weighted by Gasteiger charge is -2.35. The Hall–Kier alpha value is -1.85. The second kappa shape index (κ2) is 6.22. The standard InChI is InChI=1S/C18H23F2NO3/c1-11(2)24-16-10-15(21-7-5-18(19,20)6-8-21)13(12-3-4-12)9-14(16)17(22)23/h9-12H,3-8H2,1-2H3,(H,22,23). The van der Waals surface area contributed by atoms with Gasteiger partial charge in [0.15, 0.2) is 0 Å². The van der Waals surface area contributed by atoms with Crippen molar-refractivity contribution in [3.8, 4) is 5.75 Å². The SMILES string of the molecule is CC(C)Oc1cc(N2CCC(F)(F)CC2)c(C2CC2)cc1C(=O)O. The van der Waals surface area contributed by atoms with Gasteiger partial charge in [-0.25, -0.2) is 13.6 Å².